The number of aromatic nitrogens is 2. The molecule has 1 aromatic carbocycles. The molecule has 23 heavy (non-hydrogen) atoms. The average molecular weight is 377 g/mol. The molecule has 0 aliphatic carbocycles. The van der Waals surface area contributed by atoms with Gasteiger partial charge in [0.15, 0.2) is 0 Å². The van der Waals surface area contributed by atoms with Gasteiger partial charge in [0.25, 0.3) is 5.91 Å². The van der Waals surface area contributed by atoms with Crippen molar-refractivity contribution in [1.29, 1.82) is 0 Å². The topological polar surface area (TPSA) is 66.9 Å². The maximum atomic E-state index is 12.4. The van der Waals surface area contributed by atoms with Crippen LogP contribution in [0.1, 0.15) is 41.5 Å². The Morgan fingerprint density at radius 1 is 1.22 bits per heavy atom. The Kier molecular flexibility index (Phi) is 6.10. The molecule has 0 saturated heterocycles. The summed E-state index contributed by atoms with van der Waals surface area (Å²) in [6.45, 7) is 6.72. The van der Waals surface area contributed by atoms with Gasteiger partial charge in [-0.05, 0) is 50.1 Å². The highest BCUT2D eigenvalue weighted by Crippen LogP contribution is 2.20. The van der Waals surface area contributed by atoms with E-state index in [1.165, 1.54) is 0 Å². The van der Waals surface area contributed by atoms with E-state index in [1.807, 2.05) is 32.0 Å². The average Bonchev–Trinajstić information content (AvgIpc) is 2.50. The van der Waals surface area contributed by atoms with E-state index in [4.69, 9.17) is 0 Å². The van der Waals surface area contributed by atoms with Gasteiger partial charge in [0, 0.05) is 22.4 Å². The van der Waals surface area contributed by atoms with Crippen LogP contribution in [0.2, 0.25) is 0 Å². The first kappa shape index (κ1) is 17.4. The molecule has 6 heteroatoms. The van der Waals surface area contributed by atoms with E-state index in [2.05, 4.69) is 43.5 Å². The lowest BCUT2D eigenvalue weighted by atomic mass is 10.2. The second kappa shape index (κ2) is 8.06. The molecule has 0 bridgehead atoms. The zero-order valence-corrected chi connectivity index (χ0v) is 15.2. The summed E-state index contributed by atoms with van der Waals surface area (Å²) in [6.07, 6.45) is 2.13. The van der Waals surface area contributed by atoms with Gasteiger partial charge in [0.2, 0.25) is 5.95 Å². The molecule has 0 saturated carbocycles. The second-order valence-electron chi connectivity index (χ2n) is 5.41. The molecule has 0 aliphatic heterocycles. The third-order valence-electron chi connectivity index (χ3n) is 3.34. The Hall–Kier alpha value is -1.95. The number of benzene rings is 1. The van der Waals surface area contributed by atoms with Gasteiger partial charge in [0.05, 0.1) is 0 Å². The highest BCUT2D eigenvalue weighted by atomic mass is 79.9. The summed E-state index contributed by atoms with van der Waals surface area (Å²) in [7, 11) is 0. The summed E-state index contributed by atoms with van der Waals surface area (Å²) in [5.41, 5.74) is 2.88. The van der Waals surface area contributed by atoms with Crippen molar-refractivity contribution in [2.24, 2.45) is 0 Å². The van der Waals surface area contributed by atoms with E-state index < -0.39 is 0 Å². The van der Waals surface area contributed by atoms with Crippen LogP contribution in [0, 0.1) is 13.8 Å². The van der Waals surface area contributed by atoms with E-state index in [0.717, 1.165) is 40.8 Å². The van der Waals surface area contributed by atoms with Crippen LogP contribution in [0.4, 0.5) is 11.6 Å². The van der Waals surface area contributed by atoms with Crippen molar-refractivity contribution in [3.63, 3.8) is 0 Å². The van der Waals surface area contributed by atoms with Crippen LogP contribution >= 0.6 is 15.9 Å². The largest absolute Gasteiger partial charge is 0.354 e. The van der Waals surface area contributed by atoms with Gasteiger partial charge in [-0.25, -0.2) is 9.97 Å². The number of hydrogen-bond donors (Lipinski definition) is 2. The lowest BCUT2D eigenvalue weighted by Crippen LogP contribution is -2.17. The normalized spacial score (nSPS) is 10.4. The quantitative estimate of drug-likeness (QED) is 0.736. The lowest BCUT2D eigenvalue weighted by Gasteiger charge is -2.10. The number of amides is 1. The summed E-state index contributed by atoms with van der Waals surface area (Å²) >= 11 is 3.41. The van der Waals surface area contributed by atoms with Crippen molar-refractivity contribution >= 4 is 33.5 Å². The third kappa shape index (κ3) is 5.03. The van der Waals surface area contributed by atoms with Gasteiger partial charge in [-0.1, -0.05) is 29.3 Å². The van der Waals surface area contributed by atoms with Crippen LogP contribution in [0.25, 0.3) is 0 Å². The van der Waals surface area contributed by atoms with E-state index in [1.54, 1.807) is 6.07 Å². The summed E-state index contributed by atoms with van der Waals surface area (Å²) in [5, 5.41) is 6.05. The number of carbonyl (C=O) groups excluding carboxylic acids is 1. The van der Waals surface area contributed by atoms with Crippen LogP contribution in [0.15, 0.2) is 28.7 Å². The Labute approximate surface area is 145 Å². The maximum absolute atomic E-state index is 12.4. The van der Waals surface area contributed by atoms with Crippen molar-refractivity contribution in [3.8, 4) is 0 Å². The number of anilines is 2. The number of unbranched alkanes of at least 4 members (excludes halogenated alkanes) is 1. The first-order valence-corrected chi connectivity index (χ1v) is 8.46. The molecule has 2 aromatic rings. The van der Waals surface area contributed by atoms with E-state index >= 15 is 0 Å². The Bertz CT molecular complexity index is 703. The number of halogens is 1. The number of nitrogens with one attached hydrogen (secondary N) is 2. The minimum absolute atomic E-state index is 0.237. The van der Waals surface area contributed by atoms with E-state index in [9.17, 15) is 4.79 Å². The molecular weight excluding hydrogens is 356 g/mol. The number of hydrogen-bond acceptors (Lipinski definition) is 4. The maximum Gasteiger partial charge on any atom is 0.274 e. The van der Waals surface area contributed by atoms with Gasteiger partial charge in [-0.15, -0.1) is 0 Å². The third-order valence-corrected chi connectivity index (χ3v) is 3.83. The molecule has 1 heterocycles. The van der Waals surface area contributed by atoms with Crippen LogP contribution in [0.5, 0.6) is 0 Å². The van der Waals surface area contributed by atoms with Gasteiger partial charge in [-0.3, -0.25) is 4.79 Å². The van der Waals surface area contributed by atoms with Crippen LogP contribution in [-0.2, 0) is 0 Å². The molecule has 122 valence electrons. The van der Waals surface area contributed by atoms with Crippen LogP contribution in [-0.4, -0.2) is 22.4 Å². The number of rotatable bonds is 6. The molecule has 5 nitrogen and oxygen atoms in total. The first-order chi connectivity index (χ1) is 11.0. The summed E-state index contributed by atoms with van der Waals surface area (Å²) < 4.78 is 0.980. The number of aryl methyl sites for hydroxylation is 2. The van der Waals surface area contributed by atoms with Gasteiger partial charge in [-0.2, -0.15) is 0 Å². The van der Waals surface area contributed by atoms with Crippen LogP contribution < -0.4 is 10.6 Å². The predicted octanol–water partition coefficient (Wildman–Crippen LogP) is 4.32. The minimum atomic E-state index is -0.237. The van der Waals surface area contributed by atoms with Crippen molar-refractivity contribution in [3.05, 3.63) is 45.7 Å². The van der Waals surface area contributed by atoms with Gasteiger partial charge < -0.3 is 10.6 Å². The zero-order chi connectivity index (χ0) is 16.8. The summed E-state index contributed by atoms with van der Waals surface area (Å²) in [5.74, 6) is 0.260. The highest BCUT2D eigenvalue weighted by Gasteiger charge is 2.12. The molecular formula is C17H21BrN4O. The number of carbonyl (C=O) groups is 1. The highest BCUT2D eigenvalue weighted by molar-refractivity contribution is 9.10. The van der Waals surface area contributed by atoms with E-state index in [0.29, 0.717) is 11.6 Å². The van der Waals surface area contributed by atoms with Crippen molar-refractivity contribution in [1.82, 2.24) is 9.97 Å². The zero-order valence-electron chi connectivity index (χ0n) is 13.6. The summed E-state index contributed by atoms with van der Waals surface area (Å²) in [4.78, 5) is 21.1. The molecule has 1 amide bonds. The molecule has 0 radical (unpaired) electrons. The fourth-order valence-corrected chi connectivity index (χ4v) is 2.57. The Morgan fingerprint density at radius 3 is 2.70 bits per heavy atom. The van der Waals surface area contributed by atoms with Crippen molar-refractivity contribution < 1.29 is 4.79 Å². The monoisotopic (exact) mass is 376 g/mol. The summed E-state index contributed by atoms with van der Waals surface area (Å²) in [6, 6.07) is 7.41. The predicted molar refractivity (Wildman–Crippen MR) is 97.0 cm³/mol. The fraction of sp³-hybridized carbons (Fsp3) is 0.353. The molecule has 1 aromatic heterocycles. The standard InChI is InChI=1S/C17H21BrN4O/c1-4-5-8-19-17-20-12(3)10-15(22-17)16(23)21-14-7-6-13(18)9-11(14)2/h6-7,9-10H,4-5,8H2,1-3H3,(H,21,23)(H,19,20,22). The first-order valence-electron chi connectivity index (χ1n) is 7.66. The van der Waals surface area contributed by atoms with Gasteiger partial charge >= 0.3 is 0 Å². The minimum Gasteiger partial charge on any atom is -0.354 e. The molecule has 2 rings (SSSR count). The Balaban J connectivity index is 2.15. The SMILES string of the molecule is CCCCNc1nc(C)cc(C(=O)Nc2ccc(Br)cc2C)n1. The molecule has 0 fully saturated rings. The van der Waals surface area contributed by atoms with Crippen molar-refractivity contribution in [2.45, 2.75) is 33.6 Å². The van der Waals surface area contributed by atoms with Gasteiger partial charge in [0.1, 0.15) is 5.69 Å². The lowest BCUT2D eigenvalue weighted by molar-refractivity contribution is 0.102. The molecule has 2 N–H and O–H groups in total. The fourth-order valence-electron chi connectivity index (χ4n) is 2.09. The van der Waals surface area contributed by atoms with Crippen molar-refractivity contribution in [2.75, 3.05) is 17.2 Å². The molecule has 0 spiro atoms. The second-order valence-corrected chi connectivity index (χ2v) is 6.33. The molecule has 0 unspecified atom stereocenters. The molecule has 0 atom stereocenters. The Morgan fingerprint density at radius 2 is 2.00 bits per heavy atom. The number of nitrogens with zero attached hydrogens (tertiary/aromatic N) is 2. The van der Waals surface area contributed by atoms with Crippen LogP contribution in [0.3, 0.4) is 0 Å². The van der Waals surface area contributed by atoms with E-state index in [-0.39, 0.29) is 5.91 Å². The molecule has 0 aliphatic rings. The smallest absolute Gasteiger partial charge is 0.274 e.